The summed E-state index contributed by atoms with van der Waals surface area (Å²) in [6, 6.07) is 18.6. The molecule has 0 aromatic heterocycles. The van der Waals surface area contributed by atoms with E-state index in [1.807, 2.05) is 56.3 Å². The molecule has 5 nitrogen and oxygen atoms in total. The SMILES string of the molecule is CCc1cccc(CC)c1NC(=O)CN(CC)S(=O)(=O)c1ccc2ccccc2c1. The lowest BCUT2D eigenvalue weighted by Gasteiger charge is -2.21. The molecule has 0 bridgehead atoms. The smallest absolute Gasteiger partial charge is 0.243 e. The number of fused-ring (bicyclic) bond motifs is 1. The number of amides is 1. The molecule has 3 aromatic carbocycles. The van der Waals surface area contributed by atoms with E-state index in [1.54, 1.807) is 25.1 Å². The van der Waals surface area contributed by atoms with E-state index in [0.29, 0.717) is 0 Å². The molecule has 3 rings (SSSR count). The summed E-state index contributed by atoms with van der Waals surface area (Å²) in [5.41, 5.74) is 2.89. The second-order valence-corrected chi connectivity index (χ2v) is 9.08. The molecule has 3 aromatic rings. The van der Waals surface area contributed by atoms with Crippen LogP contribution in [0.5, 0.6) is 0 Å². The van der Waals surface area contributed by atoms with Gasteiger partial charge in [-0.15, -0.1) is 0 Å². The molecule has 0 atom stereocenters. The molecule has 0 saturated carbocycles. The van der Waals surface area contributed by atoms with Crippen LogP contribution in [0.2, 0.25) is 0 Å². The van der Waals surface area contributed by atoms with E-state index in [9.17, 15) is 13.2 Å². The first-order valence-corrected chi connectivity index (χ1v) is 11.7. The summed E-state index contributed by atoms with van der Waals surface area (Å²) >= 11 is 0. The summed E-state index contributed by atoms with van der Waals surface area (Å²) in [4.78, 5) is 13.0. The number of hydrogen-bond donors (Lipinski definition) is 1. The third-order valence-corrected chi connectivity index (χ3v) is 7.21. The van der Waals surface area contributed by atoms with Gasteiger partial charge in [-0.05, 0) is 46.9 Å². The average Bonchev–Trinajstić information content (AvgIpc) is 2.77. The van der Waals surface area contributed by atoms with Crippen molar-refractivity contribution in [2.24, 2.45) is 0 Å². The maximum absolute atomic E-state index is 13.2. The van der Waals surface area contributed by atoms with Gasteiger partial charge in [-0.25, -0.2) is 8.42 Å². The van der Waals surface area contributed by atoms with Crippen molar-refractivity contribution in [2.45, 2.75) is 38.5 Å². The van der Waals surface area contributed by atoms with Gasteiger partial charge >= 0.3 is 0 Å². The molecule has 1 amide bonds. The first-order chi connectivity index (χ1) is 14.4. The molecule has 1 N–H and O–H groups in total. The van der Waals surface area contributed by atoms with Crippen LogP contribution in [0, 0.1) is 0 Å². The lowest BCUT2D eigenvalue weighted by atomic mass is 10.0. The monoisotopic (exact) mass is 424 g/mol. The number of aryl methyl sites for hydroxylation is 2. The molecule has 0 radical (unpaired) electrons. The highest BCUT2D eigenvalue weighted by Crippen LogP contribution is 2.24. The average molecular weight is 425 g/mol. The van der Waals surface area contributed by atoms with Gasteiger partial charge in [-0.3, -0.25) is 4.79 Å². The Morgan fingerprint density at radius 2 is 1.50 bits per heavy atom. The first-order valence-electron chi connectivity index (χ1n) is 10.3. The zero-order valence-electron chi connectivity index (χ0n) is 17.7. The molecule has 0 fully saturated rings. The van der Waals surface area contributed by atoms with Crippen LogP contribution in [0.3, 0.4) is 0 Å². The molecule has 0 aliphatic carbocycles. The fourth-order valence-electron chi connectivity index (χ4n) is 3.59. The molecular formula is C24H28N2O3S. The second kappa shape index (κ2) is 9.41. The summed E-state index contributed by atoms with van der Waals surface area (Å²) in [7, 11) is -3.79. The number of rotatable bonds is 8. The Labute approximate surface area is 178 Å². The minimum Gasteiger partial charge on any atom is -0.324 e. The largest absolute Gasteiger partial charge is 0.324 e. The molecule has 6 heteroatoms. The van der Waals surface area contributed by atoms with E-state index < -0.39 is 10.0 Å². The standard InChI is InChI=1S/C24H28N2O3S/c1-4-18-12-9-13-19(5-2)24(18)25-23(27)17-26(6-3)30(28,29)22-15-14-20-10-7-8-11-21(20)16-22/h7-16H,4-6,17H2,1-3H3,(H,25,27). The summed E-state index contributed by atoms with van der Waals surface area (Å²) < 4.78 is 27.6. The minimum atomic E-state index is -3.79. The van der Waals surface area contributed by atoms with Crippen molar-refractivity contribution < 1.29 is 13.2 Å². The van der Waals surface area contributed by atoms with Gasteiger partial charge < -0.3 is 5.32 Å². The zero-order chi connectivity index (χ0) is 21.7. The van der Waals surface area contributed by atoms with E-state index in [-0.39, 0.29) is 23.9 Å². The maximum atomic E-state index is 13.2. The number of carbonyl (C=O) groups is 1. The number of anilines is 1. The number of carbonyl (C=O) groups excluding carboxylic acids is 1. The number of benzene rings is 3. The number of likely N-dealkylation sites (N-methyl/N-ethyl adjacent to an activating group) is 1. The Hall–Kier alpha value is -2.70. The third-order valence-electron chi connectivity index (χ3n) is 5.29. The summed E-state index contributed by atoms with van der Waals surface area (Å²) in [6.45, 7) is 5.79. The Bertz CT molecular complexity index is 1130. The van der Waals surface area contributed by atoms with Crippen LogP contribution in [-0.2, 0) is 27.7 Å². The zero-order valence-corrected chi connectivity index (χ0v) is 18.5. The van der Waals surface area contributed by atoms with Crippen LogP contribution < -0.4 is 5.32 Å². The van der Waals surface area contributed by atoms with Crippen molar-refractivity contribution in [1.82, 2.24) is 4.31 Å². The predicted molar refractivity (Wildman–Crippen MR) is 122 cm³/mol. The summed E-state index contributed by atoms with van der Waals surface area (Å²) in [5, 5.41) is 4.78. The van der Waals surface area contributed by atoms with E-state index in [2.05, 4.69) is 5.32 Å². The predicted octanol–water partition coefficient (Wildman–Crippen LogP) is 4.61. The maximum Gasteiger partial charge on any atom is 0.243 e. The van der Waals surface area contributed by atoms with E-state index in [1.165, 1.54) is 4.31 Å². The van der Waals surface area contributed by atoms with Gasteiger partial charge in [0, 0.05) is 12.2 Å². The topological polar surface area (TPSA) is 66.5 Å². The van der Waals surface area contributed by atoms with Crippen LogP contribution in [0.1, 0.15) is 31.9 Å². The van der Waals surface area contributed by atoms with Crippen molar-refractivity contribution in [3.8, 4) is 0 Å². The van der Waals surface area contributed by atoms with E-state index in [4.69, 9.17) is 0 Å². The number of hydrogen-bond acceptors (Lipinski definition) is 3. The molecule has 30 heavy (non-hydrogen) atoms. The summed E-state index contributed by atoms with van der Waals surface area (Å²) in [5.74, 6) is -0.336. The van der Waals surface area contributed by atoms with Crippen LogP contribution in [0.4, 0.5) is 5.69 Å². The van der Waals surface area contributed by atoms with E-state index >= 15 is 0 Å². The van der Waals surface area contributed by atoms with Gasteiger partial charge in [0.1, 0.15) is 0 Å². The number of para-hydroxylation sites is 1. The molecular weight excluding hydrogens is 396 g/mol. The highest BCUT2D eigenvalue weighted by atomic mass is 32.2. The normalized spacial score (nSPS) is 11.7. The van der Waals surface area contributed by atoms with Gasteiger partial charge in [0.2, 0.25) is 15.9 Å². The van der Waals surface area contributed by atoms with Gasteiger partial charge in [-0.1, -0.05) is 69.3 Å². The Morgan fingerprint density at radius 3 is 2.10 bits per heavy atom. The molecule has 0 heterocycles. The van der Waals surface area contributed by atoms with Crippen molar-refractivity contribution in [2.75, 3.05) is 18.4 Å². The van der Waals surface area contributed by atoms with Crippen molar-refractivity contribution in [3.63, 3.8) is 0 Å². The van der Waals surface area contributed by atoms with Gasteiger partial charge in [0.15, 0.2) is 0 Å². The van der Waals surface area contributed by atoms with Crippen molar-refractivity contribution >= 4 is 32.4 Å². The highest BCUT2D eigenvalue weighted by Gasteiger charge is 2.26. The number of nitrogens with zero attached hydrogens (tertiary/aromatic N) is 1. The summed E-state index contributed by atoms with van der Waals surface area (Å²) in [6.07, 6.45) is 1.58. The number of sulfonamides is 1. The van der Waals surface area contributed by atoms with Crippen LogP contribution >= 0.6 is 0 Å². The fraction of sp³-hybridized carbons (Fsp3) is 0.292. The van der Waals surface area contributed by atoms with Crippen LogP contribution in [0.25, 0.3) is 10.8 Å². The minimum absolute atomic E-state index is 0.194. The molecule has 0 saturated heterocycles. The molecule has 0 aliphatic heterocycles. The lowest BCUT2D eigenvalue weighted by molar-refractivity contribution is -0.116. The lowest BCUT2D eigenvalue weighted by Crippen LogP contribution is -2.38. The molecule has 0 spiro atoms. The van der Waals surface area contributed by atoms with Crippen LogP contribution in [-0.4, -0.2) is 31.7 Å². The molecule has 158 valence electrons. The Kier molecular flexibility index (Phi) is 6.90. The number of nitrogens with one attached hydrogen (secondary N) is 1. The van der Waals surface area contributed by atoms with Crippen molar-refractivity contribution in [3.05, 3.63) is 71.8 Å². The quantitative estimate of drug-likeness (QED) is 0.574. The molecule has 0 unspecified atom stereocenters. The first kappa shape index (κ1) is 22.0. The fourth-order valence-corrected chi connectivity index (χ4v) is 5.03. The second-order valence-electron chi connectivity index (χ2n) is 7.15. The van der Waals surface area contributed by atoms with Crippen molar-refractivity contribution in [1.29, 1.82) is 0 Å². The van der Waals surface area contributed by atoms with Gasteiger partial charge in [0.25, 0.3) is 0 Å². The van der Waals surface area contributed by atoms with Crippen LogP contribution in [0.15, 0.2) is 65.6 Å². The highest BCUT2D eigenvalue weighted by molar-refractivity contribution is 7.89. The van der Waals surface area contributed by atoms with Gasteiger partial charge in [0.05, 0.1) is 11.4 Å². The Morgan fingerprint density at radius 1 is 0.867 bits per heavy atom. The van der Waals surface area contributed by atoms with E-state index in [0.717, 1.165) is 40.4 Å². The Balaban J connectivity index is 1.84. The third kappa shape index (κ3) is 4.55. The molecule has 0 aliphatic rings. The van der Waals surface area contributed by atoms with Gasteiger partial charge in [-0.2, -0.15) is 4.31 Å².